The molecule has 1 heterocycles. The Hall–Kier alpha value is -1.04. The summed E-state index contributed by atoms with van der Waals surface area (Å²) in [5, 5.41) is 3.59. The van der Waals surface area contributed by atoms with Gasteiger partial charge in [-0.2, -0.15) is 18.3 Å². The van der Waals surface area contributed by atoms with E-state index in [0.717, 1.165) is 18.9 Å². The molecular weight excluding hydrogens is 219 g/mol. The zero-order valence-corrected chi connectivity index (χ0v) is 8.96. The highest BCUT2D eigenvalue weighted by Crippen LogP contribution is 2.42. The smallest absolute Gasteiger partial charge is 0.326 e. The lowest BCUT2D eigenvalue weighted by Crippen LogP contribution is -2.24. The third-order valence-electron chi connectivity index (χ3n) is 2.56. The van der Waals surface area contributed by atoms with Crippen LogP contribution in [-0.2, 0) is 12.7 Å². The number of halogens is 3. The normalized spacial score (nSPS) is 18.8. The molecule has 0 radical (unpaired) electrons. The van der Waals surface area contributed by atoms with E-state index in [1.54, 1.807) is 6.92 Å². The Balaban J connectivity index is 2.30. The van der Waals surface area contributed by atoms with E-state index in [-0.39, 0.29) is 12.0 Å². The number of nitrogens with zero attached hydrogens (tertiary/aromatic N) is 2. The van der Waals surface area contributed by atoms with Crippen molar-refractivity contribution in [2.45, 2.75) is 44.4 Å². The van der Waals surface area contributed by atoms with E-state index in [2.05, 4.69) is 5.10 Å². The van der Waals surface area contributed by atoms with Crippen molar-refractivity contribution >= 4 is 0 Å². The summed E-state index contributed by atoms with van der Waals surface area (Å²) in [5.41, 5.74) is 5.45. The van der Waals surface area contributed by atoms with Gasteiger partial charge in [0, 0.05) is 17.7 Å². The minimum atomic E-state index is -4.37. The monoisotopic (exact) mass is 233 g/mol. The Morgan fingerprint density at radius 1 is 1.56 bits per heavy atom. The summed E-state index contributed by atoms with van der Waals surface area (Å²) in [4.78, 5) is 0. The molecule has 0 bridgehead atoms. The first-order valence-corrected chi connectivity index (χ1v) is 5.28. The van der Waals surface area contributed by atoms with E-state index in [9.17, 15) is 13.2 Å². The maximum atomic E-state index is 12.5. The summed E-state index contributed by atoms with van der Waals surface area (Å²) in [6, 6.07) is 0.957. The number of aromatic nitrogens is 2. The van der Waals surface area contributed by atoms with Crippen molar-refractivity contribution in [3.63, 3.8) is 0 Å². The molecule has 0 unspecified atom stereocenters. The highest BCUT2D eigenvalue weighted by molar-refractivity contribution is 5.21. The number of rotatable bonds is 3. The van der Waals surface area contributed by atoms with E-state index >= 15 is 0 Å². The minimum Gasteiger partial charge on any atom is -0.326 e. The number of alkyl halides is 3. The SMILES string of the molecule is C[C@H](N)Cn1nc(C(F)(F)F)cc1C1CC1. The maximum Gasteiger partial charge on any atom is 0.435 e. The second kappa shape index (κ2) is 3.76. The Labute approximate surface area is 91.4 Å². The van der Waals surface area contributed by atoms with Crippen molar-refractivity contribution in [2.24, 2.45) is 5.73 Å². The molecule has 3 nitrogen and oxygen atoms in total. The van der Waals surface area contributed by atoms with Gasteiger partial charge in [-0.25, -0.2) is 0 Å². The first-order valence-electron chi connectivity index (χ1n) is 5.28. The molecule has 1 fully saturated rings. The van der Waals surface area contributed by atoms with Crippen LogP contribution in [0.4, 0.5) is 13.2 Å². The van der Waals surface area contributed by atoms with Gasteiger partial charge >= 0.3 is 6.18 Å². The summed E-state index contributed by atoms with van der Waals surface area (Å²) in [6.45, 7) is 2.09. The van der Waals surface area contributed by atoms with Crippen LogP contribution in [0.1, 0.15) is 37.1 Å². The Bertz CT molecular complexity index is 377. The van der Waals surface area contributed by atoms with Crippen LogP contribution in [-0.4, -0.2) is 15.8 Å². The lowest BCUT2D eigenvalue weighted by Gasteiger charge is -2.08. The quantitative estimate of drug-likeness (QED) is 0.869. The van der Waals surface area contributed by atoms with Crippen LogP contribution in [0.2, 0.25) is 0 Å². The molecule has 90 valence electrons. The minimum absolute atomic E-state index is 0.196. The largest absolute Gasteiger partial charge is 0.435 e. The van der Waals surface area contributed by atoms with Gasteiger partial charge in [0.15, 0.2) is 5.69 Å². The molecule has 6 heteroatoms. The Kier molecular flexibility index (Phi) is 2.69. The van der Waals surface area contributed by atoms with Crippen LogP contribution in [0.5, 0.6) is 0 Å². The summed E-state index contributed by atoms with van der Waals surface area (Å²) in [5.74, 6) is 0.238. The standard InChI is InChI=1S/C10H14F3N3/c1-6(14)5-16-8(7-2-3-7)4-9(15-16)10(11,12)13/h4,6-7H,2-3,5,14H2,1H3/t6-/m0/s1. The van der Waals surface area contributed by atoms with Crippen LogP contribution in [0.3, 0.4) is 0 Å². The number of nitrogens with two attached hydrogens (primary N) is 1. The molecule has 0 aromatic carbocycles. The van der Waals surface area contributed by atoms with Gasteiger partial charge in [-0.3, -0.25) is 4.68 Å². The molecule has 0 aliphatic heterocycles. The van der Waals surface area contributed by atoms with E-state index in [1.165, 1.54) is 4.68 Å². The first-order chi connectivity index (χ1) is 7.38. The predicted octanol–water partition coefficient (Wildman–Crippen LogP) is 2.13. The zero-order valence-electron chi connectivity index (χ0n) is 8.96. The van der Waals surface area contributed by atoms with Gasteiger partial charge in [0.2, 0.25) is 0 Å². The second-order valence-electron chi connectivity index (χ2n) is 4.39. The molecule has 1 aliphatic rings. The molecule has 1 aromatic rings. The molecular formula is C10H14F3N3. The number of hydrogen-bond acceptors (Lipinski definition) is 2. The van der Waals surface area contributed by atoms with E-state index in [4.69, 9.17) is 5.73 Å². The zero-order chi connectivity index (χ0) is 11.9. The lowest BCUT2D eigenvalue weighted by molar-refractivity contribution is -0.141. The summed E-state index contributed by atoms with van der Waals surface area (Å²) in [7, 11) is 0. The Morgan fingerprint density at radius 3 is 2.62 bits per heavy atom. The van der Waals surface area contributed by atoms with E-state index < -0.39 is 11.9 Å². The van der Waals surface area contributed by atoms with Crippen LogP contribution >= 0.6 is 0 Å². The van der Waals surface area contributed by atoms with Crippen LogP contribution in [0, 0.1) is 0 Å². The summed E-state index contributed by atoms with van der Waals surface area (Å²) < 4.78 is 38.9. The highest BCUT2D eigenvalue weighted by atomic mass is 19.4. The highest BCUT2D eigenvalue weighted by Gasteiger charge is 2.37. The van der Waals surface area contributed by atoms with Gasteiger partial charge in [0.1, 0.15) is 0 Å². The molecule has 2 rings (SSSR count). The van der Waals surface area contributed by atoms with Gasteiger partial charge in [-0.05, 0) is 25.8 Å². The fraction of sp³-hybridized carbons (Fsp3) is 0.700. The lowest BCUT2D eigenvalue weighted by atomic mass is 10.2. The van der Waals surface area contributed by atoms with Crippen molar-refractivity contribution in [2.75, 3.05) is 0 Å². The van der Waals surface area contributed by atoms with Gasteiger partial charge < -0.3 is 5.73 Å². The van der Waals surface area contributed by atoms with Crippen molar-refractivity contribution in [3.05, 3.63) is 17.5 Å². The third kappa shape index (κ3) is 2.37. The molecule has 0 spiro atoms. The topological polar surface area (TPSA) is 43.8 Å². The average Bonchev–Trinajstić information content (AvgIpc) is 2.86. The fourth-order valence-electron chi connectivity index (χ4n) is 1.70. The molecule has 0 saturated heterocycles. The summed E-state index contributed by atoms with van der Waals surface area (Å²) in [6.07, 6.45) is -2.48. The predicted molar refractivity (Wildman–Crippen MR) is 52.9 cm³/mol. The van der Waals surface area contributed by atoms with Crippen molar-refractivity contribution in [1.29, 1.82) is 0 Å². The molecule has 1 atom stereocenters. The van der Waals surface area contributed by atoms with E-state index in [1.807, 2.05) is 0 Å². The van der Waals surface area contributed by atoms with Crippen LogP contribution in [0.15, 0.2) is 6.07 Å². The van der Waals surface area contributed by atoms with Gasteiger partial charge in [0.25, 0.3) is 0 Å². The molecule has 16 heavy (non-hydrogen) atoms. The molecule has 0 amide bonds. The van der Waals surface area contributed by atoms with Crippen molar-refractivity contribution in [3.8, 4) is 0 Å². The van der Waals surface area contributed by atoms with Crippen LogP contribution in [0.25, 0.3) is 0 Å². The maximum absolute atomic E-state index is 12.5. The third-order valence-corrected chi connectivity index (χ3v) is 2.56. The molecule has 1 saturated carbocycles. The van der Waals surface area contributed by atoms with Gasteiger partial charge in [-0.1, -0.05) is 0 Å². The van der Waals surface area contributed by atoms with Crippen LogP contribution < -0.4 is 5.73 Å². The Morgan fingerprint density at radius 2 is 2.19 bits per heavy atom. The molecule has 2 N–H and O–H groups in total. The first kappa shape index (κ1) is 11.4. The van der Waals surface area contributed by atoms with Crippen molar-refractivity contribution in [1.82, 2.24) is 9.78 Å². The second-order valence-corrected chi connectivity index (χ2v) is 4.39. The summed E-state index contributed by atoms with van der Waals surface area (Å²) >= 11 is 0. The van der Waals surface area contributed by atoms with Gasteiger partial charge in [0.05, 0.1) is 6.54 Å². The molecule has 1 aliphatic carbocycles. The average molecular weight is 233 g/mol. The fourth-order valence-corrected chi connectivity index (χ4v) is 1.70. The van der Waals surface area contributed by atoms with Crippen molar-refractivity contribution < 1.29 is 13.2 Å². The molecule has 1 aromatic heterocycles. The van der Waals surface area contributed by atoms with Gasteiger partial charge in [-0.15, -0.1) is 0 Å². The number of hydrogen-bond donors (Lipinski definition) is 1. The van der Waals surface area contributed by atoms with E-state index in [0.29, 0.717) is 12.2 Å².